The summed E-state index contributed by atoms with van der Waals surface area (Å²) in [7, 11) is -2.59. The molecule has 108 heavy (non-hydrogen) atoms. The molecular weight excluding hydrogens is 1330 g/mol. The standard InChI is InChI=1S/C104H194O3P/c1-17-21-25-29-33-37-41-45-49-53-57-61-65-69-73-77-81-85-91(83-79-75-71-67-63-59-55-51-47-43-39-35-31-27-23-19-3)93-87-95(101(5,6)7)99(96(88-93)102(8,9)10)106-108(105)107-100-97(103(11,12)13)89-94(90-98(100)104(14,15)16)92(84-80-76-72-68-64-60-56-52-48-44-40-36-32-28-24-20-4)86-82-78-74-70-66-62-58-54-50-46-42-38-34-30-26-22-18-2/h87-92H,17-86H2,1-16H3/q+1. The van der Waals surface area contributed by atoms with Crippen LogP contribution in [0, 0.1) is 0 Å². The molecule has 2 atom stereocenters. The van der Waals surface area contributed by atoms with Crippen LogP contribution in [0.3, 0.4) is 0 Å². The van der Waals surface area contributed by atoms with Gasteiger partial charge in [0.05, 0.1) is 0 Å². The first-order valence-corrected chi connectivity index (χ1v) is 50.4. The summed E-state index contributed by atoms with van der Waals surface area (Å²) in [5.74, 6) is 2.55. The van der Waals surface area contributed by atoms with E-state index in [0.717, 1.165) is 11.5 Å². The molecule has 632 valence electrons. The molecule has 2 aromatic rings. The lowest BCUT2D eigenvalue weighted by Gasteiger charge is -2.30. The molecule has 0 heterocycles. The maximum Gasteiger partial charge on any atom is 0.805 e. The van der Waals surface area contributed by atoms with Gasteiger partial charge in [0.15, 0.2) is 11.5 Å². The molecule has 4 heteroatoms. The van der Waals surface area contributed by atoms with E-state index in [1.807, 2.05) is 0 Å². The molecule has 0 fully saturated rings. The van der Waals surface area contributed by atoms with Gasteiger partial charge in [-0.05, 0) is 70.3 Å². The fourth-order valence-corrected chi connectivity index (χ4v) is 18.2. The summed E-state index contributed by atoms with van der Waals surface area (Å²) in [5, 5.41) is 0. The highest BCUT2D eigenvalue weighted by atomic mass is 31.1. The van der Waals surface area contributed by atoms with E-state index in [4.69, 9.17) is 9.05 Å². The minimum atomic E-state index is -2.59. The maximum absolute atomic E-state index is 15.4. The zero-order chi connectivity index (χ0) is 79.1. The van der Waals surface area contributed by atoms with E-state index in [1.54, 1.807) is 0 Å². The van der Waals surface area contributed by atoms with Crippen LogP contribution in [0.2, 0.25) is 0 Å². The lowest BCUT2D eigenvalue weighted by Crippen LogP contribution is -2.21. The summed E-state index contributed by atoms with van der Waals surface area (Å²) in [6, 6.07) is 10.0. The van der Waals surface area contributed by atoms with Crippen LogP contribution in [0.15, 0.2) is 24.3 Å². The van der Waals surface area contributed by atoms with Crippen molar-refractivity contribution < 1.29 is 13.6 Å². The molecule has 0 radical (unpaired) electrons. The van der Waals surface area contributed by atoms with Crippen molar-refractivity contribution in [1.82, 2.24) is 0 Å². The van der Waals surface area contributed by atoms with Crippen molar-refractivity contribution in [2.45, 2.75) is 594 Å². The molecule has 0 aliphatic rings. The molecule has 3 nitrogen and oxygen atoms in total. The lowest BCUT2D eigenvalue weighted by atomic mass is 9.76. The summed E-state index contributed by atoms with van der Waals surface area (Å²) in [5.41, 5.74) is 6.64. The van der Waals surface area contributed by atoms with Gasteiger partial charge in [0, 0.05) is 26.8 Å². The Bertz CT molecular complexity index is 2120. The first kappa shape index (κ1) is 102. The van der Waals surface area contributed by atoms with Crippen molar-refractivity contribution in [3.05, 3.63) is 57.6 Å². The molecule has 0 bridgehead atoms. The Hall–Kier alpha value is -1.86. The predicted molar refractivity (Wildman–Crippen MR) is 488 cm³/mol. The van der Waals surface area contributed by atoms with Crippen molar-refractivity contribution in [3.63, 3.8) is 0 Å². The zero-order valence-corrected chi connectivity index (χ0v) is 77.5. The van der Waals surface area contributed by atoms with Crippen molar-refractivity contribution in [2.24, 2.45) is 0 Å². The molecule has 0 aliphatic heterocycles. The Balaban J connectivity index is 2.37. The predicted octanol–water partition coefficient (Wildman–Crippen LogP) is 38.5. The van der Waals surface area contributed by atoms with Crippen LogP contribution in [0.1, 0.15) is 605 Å². The number of benzene rings is 2. The lowest BCUT2D eigenvalue weighted by molar-refractivity contribution is 0.388. The Morgan fingerprint density at radius 2 is 0.333 bits per heavy atom. The highest BCUT2D eigenvalue weighted by Gasteiger charge is 2.40. The Kier molecular flexibility index (Phi) is 62.8. The van der Waals surface area contributed by atoms with E-state index in [2.05, 4.69) is 135 Å². The molecular formula is C104H194O3P+. The number of rotatable bonds is 76. The normalized spacial score (nSPS) is 13.1. The molecule has 0 N–H and O–H groups in total. The minimum absolute atomic E-state index is 0.239. The van der Waals surface area contributed by atoms with E-state index >= 15 is 4.57 Å². The molecule has 0 saturated carbocycles. The fourth-order valence-electron chi connectivity index (χ4n) is 17.4. The van der Waals surface area contributed by atoms with Gasteiger partial charge in [-0.25, -0.2) is 9.05 Å². The Morgan fingerprint density at radius 1 is 0.213 bits per heavy atom. The van der Waals surface area contributed by atoms with Crippen molar-refractivity contribution in [2.75, 3.05) is 0 Å². The van der Waals surface area contributed by atoms with Gasteiger partial charge in [0.25, 0.3) is 0 Å². The third kappa shape index (κ3) is 53.3. The summed E-state index contributed by atoms with van der Waals surface area (Å²) in [4.78, 5) is 0. The van der Waals surface area contributed by atoms with Crippen molar-refractivity contribution in [3.8, 4) is 11.5 Å². The molecule has 2 rings (SSSR count). The van der Waals surface area contributed by atoms with Crippen LogP contribution in [0.4, 0.5) is 0 Å². The van der Waals surface area contributed by atoms with Gasteiger partial charge in [-0.15, -0.1) is 0 Å². The Morgan fingerprint density at radius 3 is 0.454 bits per heavy atom. The third-order valence-corrected chi connectivity index (χ3v) is 25.5. The largest absolute Gasteiger partial charge is 0.805 e. The van der Waals surface area contributed by atoms with Gasteiger partial charge in [0.2, 0.25) is 0 Å². The van der Waals surface area contributed by atoms with E-state index in [9.17, 15) is 0 Å². The maximum atomic E-state index is 15.4. The second-order valence-electron chi connectivity index (χ2n) is 39.8. The molecule has 2 aromatic carbocycles. The van der Waals surface area contributed by atoms with Crippen LogP contribution < -0.4 is 9.05 Å². The molecule has 0 spiro atoms. The topological polar surface area (TPSA) is 35.5 Å². The number of hydrogen-bond donors (Lipinski definition) is 0. The van der Waals surface area contributed by atoms with E-state index in [-0.39, 0.29) is 21.7 Å². The molecule has 2 unspecified atom stereocenters. The second-order valence-corrected chi connectivity index (χ2v) is 40.6. The summed E-state index contributed by atoms with van der Waals surface area (Å²) < 4.78 is 29.4. The van der Waals surface area contributed by atoms with Gasteiger partial charge >= 0.3 is 8.25 Å². The first-order valence-electron chi connectivity index (χ1n) is 49.3. The fraction of sp³-hybridized carbons (Fsp3) is 0.885. The van der Waals surface area contributed by atoms with Gasteiger partial charge in [-0.3, -0.25) is 0 Å². The summed E-state index contributed by atoms with van der Waals surface area (Å²) in [6.07, 6.45) is 97.7. The molecule has 0 aromatic heterocycles. The average Bonchev–Trinajstić information content (AvgIpc) is 0.769. The first-order chi connectivity index (χ1) is 52.1. The zero-order valence-electron chi connectivity index (χ0n) is 76.6. The number of unbranched alkanes of at least 4 members (excludes halogenated alkanes) is 62. The molecule has 0 aliphatic carbocycles. The smallest absolute Gasteiger partial charge is 0.222 e. The SMILES string of the molecule is CCCCCCCCCCCCCCCCCCCC(CCCCCCCCCCCCCCCCCC)c1cc(C(C)(C)C)c(O[P+](=O)Oc2c(C(C)(C)C)cc(C(CCCCCCCCCCCCCCCCCC)CCCCCCCCCCCCCCCCCCC)cc2C(C)(C)C)c(C(C)(C)C)c1. The summed E-state index contributed by atoms with van der Waals surface area (Å²) in [6.45, 7) is 37.3. The van der Waals surface area contributed by atoms with E-state index in [0.29, 0.717) is 11.8 Å². The third-order valence-electron chi connectivity index (χ3n) is 24.9. The van der Waals surface area contributed by atoms with Gasteiger partial charge < -0.3 is 0 Å². The second kappa shape index (κ2) is 66.3. The highest BCUT2D eigenvalue weighted by molar-refractivity contribution is 7.34. The number of hydrogen-bond acceptors (Lipinski definition) is 3. The quantitative estimate of drug-likeness (QED) is 0.0489. The van der Waals surface area contributed by atoms with E-state index < -0.39 is 8.25 Å². The Labute approximate surface area is 680 Å². The summed E-state index contributed by atoms with van der Waals surface area (Å²) >= 11 is 0. The van der Waals surface area contributed by atoms with E-state index in [1.165, 1.54) is 483 Å². The highest BCUT2D eigenvalue weighted by Crippen LogP contribution is 2.50. The van der Waals surface area contributed by atoms with Gasteiger partial charge in [0.1, 0.15) is 0 Å². The average molecular weight is 1520 g/mol. The van der Waals surface area contributed by atoms with Gasteiger partial charge in [-0.1, -0.05) is 559 Å². The van der Waals surface area contributed by atoms with Crippen LogP contribution in [0.25, 0.3) is 0 Å². The monoisotopic (exact) mass is 1520 g/mol. The van der Waals surface area contributed by atoms with Crippen LogP contribution in [0.5, 0.6) is 11.5 Å². The molecule has 0 saturated heterocycles. The van der Waals surface area contributed by atoms with Crippen molar-refractivity contribution in [1.29, 1.82) is 0 Å². The van der Waals surface area contributed by atoms with Crippen LogP contribution in [-0.4, -0.2) is 0 Å². The van der Waals surface area contributed by atoms with Crippen molar-refractivity contribution >= 4 is 8.25 Å². The minimum Gasteiger partial charge on any atom is -0.222 e. The van der Waals surface area contributed by atoms with Crippen LogP contribution in [-0.2, 0) is 26.2 Å². The molecule has 0 amide bonds. The van der Waals surface area contributed by atoms with Gasteiger partial charge in [-0.2, -0.15) is 0 Å². The van der Waals surface area contributed by atoms with Crippen LogP contribution >= 0.6 is 8.25 Å².